The number of aromatic nitrogens is 1. The number of rotatable bonds is 4. The molecule has 0 radical (unpaired) electrons. The van der Waals surface area contributed by atoms with Crippen molar-refractivity contribution in [1.29, 1.82) is 0 Å². The van der Waals surface area contributed by atoms with Gasteiger partial charge in [0.25, 0.3) is 5.91 Å². The van der Waals surface area contributed by atoms with Crippen LogP contribution in [0.3, 0.4) is 0 Å². The summed E-state index contributed by atoms with van der Waals surface area (Å²) in [5, 5.41) is 6.88. The van der Waals surface area contributed by atoms with Crippen molar-refractivity contribution in [3.8, 4) is 9.88 Å². The van der Waals surface area contributed by atoms with Crippen molar-refractivity contribution in [2.24, 2.45) is 5.73 Å². The van der Waals surface area contributed by atoms with Crippen LogP contribution in [0.2, 0.25) is 0 Å². The number of nitrogens with zero attached hydrogens (tertiary/aromatic N) is 1. The molecule has 0 saturated heterocycles. The third kappa shape index (κ3) is 3.19. The summed E-state index contributed by atoms with van der Waals surface area (Å²) in [6.07, 6.45) is 0. The number of thiazole rings is 1. The van der Waals surface area contributed by atoms with Crippen LogP contribution in [0.1, 0.15) is 26.4 Å². The van der Waals surface area contributed by atoms with Crippen LogP contribution in [0.5, 0.6) is 0 Å². The Morgan fingerprint density at radius 2 is 2.08 bits per heavy atom. The minimum atomic E-state index is -0.766. The SMILES string of the molecule is Cc1c(F)cc(C(N)=O)cc1NC(=O)c1csc(-c2cccs2)n1. The van der Waals surface area contributed by atoms with Gasteiger partial charge in [-0.3, -0.25) is 9.59 Å². The first-order valence-electron chi connectivity index (χ1n) is 6.86. The topological polar surface area (TPSA) is 85.1 Å². The van der Waals surface area contributed by atoms with Gasteiger partial charge in [0.1, 0.15) is 16.5 Å². The first-order chi connectivity index (χ1) is 11.5. The normalized spacial score (nSPS) is 10.6. The van der Waals surface area contributed by atoms with Gasteiger partial charge in [0.05, 0.1) is 4.88 Å². The molecule has 0 atom stereocenters. The van der Waals surface area contributed by atoms with Crippen LogP contribution < -0.4 is 11.1 Å². The minimum absolute atomic E-state index is 0.00838. The van der Waals surface area contributed by atoms with Gasteiger partial charge in [0.15, 0.2) is 0 Å². The monoisotopic (exact) mass is 361 g/mol. The Kier molecular flexibility index (Phi) is 4.41. The first kappa shape index (κ1) is 16.3. The number of nitrogens with one attached hydrogen (secondary N) is 1. The highest BCUT2D eigenvalue weighted by atomic mass is 32.1. The Morgan fingerprint density at radius 3 is 2.75 bits per heavy atom. The molecule has 0 bridgehead atoms. The number of carbonyl (C=O) groups excluding carboxylic acids is 2. The summed E-state index contributed by atoms with van der Waals surface area (Å²) in [6, 6.07) is 6.22. The Hall–Kier alpha value is -2.58. The highest BCUT2D eigenvalue weighted by Gasteiger charge is 2.16. The summed E-state index contributed by atoms with van der Waals surface area (Å²) in [5.74, 6) is -1.85. The number of hydrogen-bond acceptors (Lipinski definition) is 5. The number of amides is 2. The molecular formula is C16H12FN3O2S2. The van der Waals surface area contributed by atoms with E-state index in [1.807, 2.05) is 17.5 Å². The van der Waals surface area contributed by atoms with E-state index in [9.17, 15) is 14.0 Å². The van der Waals surface area contributed by atoms with Crippen molar-refractivity contribution < 1.29 is 14.0 Å². The molecule has 5 nitrogen and oxygen atoms in total. The molecule has 2 aromatic heterocycles. The molecule has 0 unspecified atom stereocenters. The van der Waals surface area contributed by atoms with Crippen molar-refractivity contribution in [1.82, 2.24) is 4.98 Å². The van der Waals surface area contributed by atoms with Crippen LogP contribution >= 0.6 is 22.7 Å². The van der Waals surface area contributed by atoms with Crippen molar-refractivity contribution in [3.63, 3.8) is 0 Å². The van der Waals surface area contributed by atoms with E-state index in [1.165, 1.54) is 35.7 Å². The molecule has 0 aliphatic carbocycles. The van der Waals surface area contributed by atoms with Crippen molar-refractivity contribution in [3.05, 3.63) is 57.7 Å². The van der Waals surface area contributed by atoms with E-state index in [-0.39, 0.29) is 22.5 Å². The van der Waals surface area contributed by atoms with E-state index >= 15 is 0 Å². The van der Waals surface area contributed by atoms with Gasteiger partial charge in [-0.25, -0.2) is 9.37 Å². The first-order valence-corrected chi connectivity index (χ1v) is 8.62. The maximum absolute atomic E-state index is 13.9. The second kappa shape index (κ2) is 6.50. The quantitative estimate of drug-likeness (QED) is 0.743. The van der Waals surface area contributed by atoms with Crippen LogP contribution in [0.15, 0.2) is 35.0 Å². The average molecular weight is 361 g/mol. The average Bonchev–Trinajstić information content (AvgIpc) is 3.21. The van der Waals surface area contributed by atoms with E-state index in [2.05, 4.69) is 10.3 Å². The molecule has 3 rings (SSSR count). The molecule has 2 amide bonds. The van der Waals surface area contributed by atoms with Gasteiger partial charge in [-0.1, -0.05) is 6.07 Å². The summed E-state index contributed by atoms with van der Waals surface area (Å²) in [7, 11) is 0. The van der Waals surface area contributed by atoms with E-state index < -0.39 is 17.6 Å². The van der Waals surface area contributed by atoms with Crippen LogP contribution in [-0.2, 0) is 0 Å². The van der Waals surface area contributed by atoms with Crippen molar-refractivity contribution in [2.45, 2.75) is 6.92 Å². The van der Waals surface area contributed by atoms with Crippen molar-refractivity contribution >= 4 is 40.2 Å². The predicted molar refractivity (Wildman–Crippen MR) is 93.0 cm³/mol. The molecular weight excluding hydrogens is 349 g/mol. The van der Waals surface area contributed by atoms with Crippen molar-refractivity contribution in [2.75, 3.05) is 5.32 Å². The minimum Gasteiger partial charge on any atom is -0.366 e. The lowest BCUT2D eigenvalue weighted by Gasteiger charge is -2.09. The number of thiophene rings is 1. The van der Waals surface area contributed by atoms with Crippen LogP contribution in [0.25, 0.3) is 9.88 Å². The summed E-state index contributed by atoms with van der Waals surface area (Å²) >= 11 is 2.88. The number of halogens is 1. The maximum atomic E-state index is 13.9. The van der Waals surface area contributed by atoms with Gasteiger partial charge in [0, 0.05) is 22.2 Å². The number of nitrogens with two attached hydrogens (primary N) is 1. The smallest absolute Gasteiger partial charge is 0.275 e. The highest BCUT2D eigenvalue weighted by Crippen LogP contribution is 2.28. The molecule has 0 aliphatic heterocycles. The van der Waals surface area contributed by atoms with E-state index in [1.54, 1.807) is 5.38 Å². The van der Waals surface area contributed by atoms with Gasteiger partial charge in [-0.05, 0) is 30.5 Å². The summed E-state index contributed by atoms with van der Waals surface area (Å²) in [4.78, 5) is 28.8. The maximum Gasteiger partial charge on any atom is 0.275 e. The Labute approximate surface area is 145 Å². The highest BCUT2D eigenvalue weighted by molar-refractivity contribution is 7.20. The fraction of sp³-hybridized carbons (Fsp3) is 0.0625. The zero-order valence-corrected chi connectivity index (χ0v) is 14.1. The van der Waals surface area contributed by atoms with Gasteiger partial charge in [0.2, 0.25) is 5.91 Å². The molecule has 0 saturated carbocycles. The van der Waals surface area contributed by atoms with Crippen LogP contribution in [-0.4, -0.2) is 16.8 Å². The molecule has 3 N–H and O–H groups in total. The number of anilines is 1. The van der Waals surface area contributed by atoms with Gasteiger partial charge < -0.3 is 11.1 Å². The Bertz CT molecular complexity index is 920. The number of carbonyl (C=O) groups is 2. The largest absolute Gasteiger partial charge is 0.366 e. The van der Waals surface area contributed by atoms with Crippen LogP contribution in [0.4, 0.5) is 10.1 Å². The standard InChI is InChI=1S/C16H12FN3O2S2/c1-8-10(17)5-9(14(18)21)6-11(8)19-15(22)12-7-24-16(20-12)13-3-2-4-23-13/h2-7H,1H3,(H2,18,21)(H,19,22). The zero-order valence-electron chi connectivity index (χ0n) is 12.5. The fourth-order valence-corrected chi connectivity index (χ4v) is 3.64. The summed E-state index contributed by atoms with van der Waals surface area (Å²) in [6.45, 7) is 1.51. The van der Waals surface area contributed by atoms with E-state index in [0.717, 1.165) is 16.0 Å². The molecule has 2 heterocycles. The molecule has 0 aliphatic rings. The molecule has 0 spiro atoms. The van der Waals surface area contributed by atoms with E-state index in [0.29, 0.717) is 0 Å². The van der Waals surface area contributed by atoms with Gasteiger partial charge >= 0.3 is 0 Å². The molecule has 3 aromatic rings. The molecule has 122 valence electrons. The summed E-state index contributed by atoms with van der Waals surface area (Å²) in [5.41, 5.74) is 5.81. The Morgan fingerprint density at radius 1 is 1.29 bits per heavy atom. The molecule has 0 fully saturated rings. The predicted octanol–water partition coefficient (Wildman–Crippen LogP) is 3.67. The second-order valence-corrected chi connectivity index (χ2v) is 6.77. The van der Waals surface area contributed by atoms with E-state index in [4.69, 9.17) is 5.73 Å². The van der Waals surface area contributed by atoms with Crippen LogP contribution in [0, 0.1) is 12.7 Å². The third-order valence-electron chi connectivity index (χ3n) is 3.35. The van der Waals surface area contributed by atoms with Gasteiger partial charge in [-0.15, -0.1) is 22.7 Å². The fourth-order valence-electron chi connectivity index (χ4n) is 2.03. The number of primary amides is 1. The van der Waals surface area contributed by atoms with Gasteiger partial charge in [-0.2, -0.15) is 0 Å². The summed E-state index contributed by atoms with van der Waals surface area (Å²) < 4.78 is 13.9. The third-order valence-corrected chi connectivity index (χ3v) is 5.23. The number of benzene rings is 1. The second-order valence-electron chi connectivity index (χ2n) is 4.96. The number of hydrogen-bond donors (Lipinski definition) is 2. The lowest BCUT2D eigenvalue weighted by molar-refractivity contribution is 0.0995. The lowest BCUT2D eigenvalue weighted by Crippen LogP contribution is -2.16. The molecule has 8 heteroatoms. The zero-order chi connectivity index (χ0) is 17.3. The molecule has 24 heavy (non-hydrogen) atoms. The molecule has 1 aromatic carbocycles. The Balaban J connectivity index is 1.86. The lowest BCUT2D eigenvalue weighted by atomic mass is 10.1.